The third-order valence-corrected chi connectivity index (χ3v) is 5.36. The second-order valence-corrected chi connectivity index (χ2v) is 7.36. The third kappa shape index (κ3) is 2.80. The van der Waals surface area contributed by atoms with E-state index in [1.165, 1.54) is 6.07 Å². The van der Waals surface area contributed by atoms with Crippen molar-refractivity contribution in [3.63, 3.8) is 0 Å². The van der Waals surface area contributed by atoms with E-state index in [4.69, 9.17) is 4.98 Å². The molecule has 6 rings (SSSR count). The van der Waals surface area contributed by atoms with E-state index < -0.39 is 0 Å². The van der Waals surface area contributed by atoms with Crippen LogP contribution in [-0.4, -0.2) is 34.9 Å². The first kappa shape index (κ1) is 17.5. The van der Waals surface area contributed by atoms with E-state index in [-0.39, 0.29) is 5.82 Å². The predicted octanol–water partition coefficient (Wildman–Crippen LogP) is 4.71. The molecule has 0 atom stereocenters. The van der Waals surface area contributed by atoms with E-state index in [0.29, 0.717) is 28.3 Å². The number of hydrogen-bond acceptors (Lipinski definition) is 4. The molecule has 2 N–H and O–H groups in total. The highest BCUT2D eigenvalue weighted by Gasteiger charge is 2.17. The van der Waals surface area contributed by atoms with Gasteiger partial charge in [-0.15, -0.1) is 0 Å². The SMILES string of the molecule is Cn1cc(-c2ccc3[nH]nc(-c4nc5c(-c6ccccc6F)nccc5[nH]4)c3c2)cn1. The average molecular weight is 409 g/mol. The summed E-state index contributed by atoms with van der Waals surface area (Å²) in [6.07, 6.45) is 5.44. The number of aromatic nitrogens is 7. The van der Waals surface area contributed by atoms with Crippen molar-refractivity contribution >= 4 is 21.9 Å². The van der Waals surface area contributed by atoms with E-state index in [0.717, 1.165) is 27.5 Å². The van der Waals surface area contributed by atoms with Crippen LogP contribution in [0.15, 0.2) is 67.1 Å². The lowest BCUT2D eigenvalue weighted by Gasteiger charge is -2.02. The largest absolute Gasteiger partial charge is 0.336 e. The molecule has 0 amide bonds. The summed E-state index contributed by atoms with van der Waals surface area (Å²) in [5.74, 6) is 0.258. The van der Waals surface area contributed by atoms with E-state index >= 15 is 0 Å². The maximum atomic E-state index is 14.4. The van der Waals surface area contributed by atoms with Crippen molar-refractivity contribution < 1.29 is 4.39 Å². The van der Waals surface area contributed by atoms with Crippen molar-refractivity contribution in [2.24, 2.45) is 7.05 Å². The number of H-pyrrole nitrogens is 2. The lowest BCUT2D eigenvalue weighted by atomic mass is 10.1. The van der Waals surface area contributed by atoms with Gasteiger partial charge in [-0.05, 0) is 35.9 Å². The second-order valence-electron chi connectivity index (χ2n) is 7.36. The average Bonchev–Trinajstić information content (AvgIpc) is 3.50. The topological polar surface area (TPSA) is 88.1 Å². The molecule has 0 aliphatic carbocycles. The molecule has 0 saturated carbocycles. The highest BCUT2D eigenvalue weighted by Crippen LogP contribution is 2.32. The number of fused-ring (bicyclic) bond motifs is 2. The summed E-state index contributed by atoms with van der Waals surface area (Å²) in [7, 11) is 1.89. The van der Waals surface area contributed by atoms with Crippen LogP contribution < -0.4 is 0 Å². The van der Waals surface area contributed by atoms with Gasteiger partial charge in [0.2, 0.25) is 0 Å². The predicted molar refractivity (Wildman–Crippen MR) is 117 cm³/mol. The summed E-state index contributed by atoms with van der Waals surface area (Å²) in [4.78, 5) is 12.4. The summed E-state index contributed by atoms with van der Waals surface area (Å²) >= 11 is 0. The summed E-state index contributed by atoms with van der Waals surface area (Å²) < 4.78 is 16.2. The molecule has 0 saturated heterocycles. The fourth-order valence-corrected chi connectivity index (χ4v) is 3.84. The number of nitrogens with one attached hydrogen (secondary N) is 2. The molecule has 0 radical (unpaired) electrons. The van der Waals surface area contributed by atoms with Crippen molar-refractivity contribution in [3.8, 4) is 33.9 Å². The first-order chi connectivity index (χ1) is 15.2. The Morgan fingerprint density at radius 1 is 0.968 bits per heavy atom. The zero-order valence-corrected chi connectivity index (χ0v) is 16.5. The lowest BCUT2D eigenvalue weighted by Crippen LogP contribution is -1.89. The van der Waals surface area contributed by atoms with Gasteiger partial charge in [0.15, 0.2) is 5.82 Å². The third-order valence-electron chi connectivity index (χ3n) is 5.36. The molecule has 2 aromatic carbocycles. The molecule has 4 aromatic heterocycles. The molecule has 0 unspecified atom stereocenters. The van der Waals surface area contributed by atoms with Crippen LogP contribution in [0.5, 0.6) is 0 Å². The number of rotatable bonds is 3. The van der Waals surface area contributed by atoms with Crippen LogP contribution in [0.25, 0.3) is 55.8 Å². The first-order valence-electron chi connectivity index (χ1n) is 9.74. The Morgan fingerprint density at radius 3 is 2.71 bits per heavy atom. The van der Waals surface area contributed by atoms with Gasteiger partial charge < -0.3 is 4.98 Å². The van der Waals surface area contributed by atoms with Crippen LogP contribution in [0.2, 0.25) is 0 Å². The molecule has 0 spiro atoms. The molecule has 7 nitrogen and oxygen atoms in total. The van der Waals surface area contributed by atoms with Crippen LogP contribution in [-0.2, 0) is 7.05 Å². The molecule has 0 bridgehead atoms. The van der Waals surface area contributed by atoms with E-state index in [1.54, 1.807) is 29.1 Å². The Labute approximate surface area is 175 Å². The maximum Gasteiger partial charge on any atom is 0.159 e. The number of aryl methyl sites for hydroxylation is 1. The Morgan fingerprint density at radius 2 is 1.87 bits per heavy atom. The minimum absolute atomic E-state index is 0.335. The molecule has 0 aliphatic heterocycles. The van der Waals surface area contributed by atoms with Crippen LogP contribution in [0.1, 0.15) is 0 Å². The van der Waals surface area contributed by atoms with Gasteiger partial charge in [0.25, 0.3) is 0 Å². The molecular weight excluding hydrogens is 393 g/mol. The van der Waals surface area contributed by atoms with Crippen LogP contribution in [0, 0.1) is 5.82 Å². The monoisotopic (exact) mass is 409 g/mol. The smallest absolute Gasteiger partial charge is 0.159 e. The van der Waals surface area contributed by atoms with Crippen molar-refractivity contribution in [2.75, 3.05) is 0 Å². The number of halogens is 1. The molecule has 31 heavy (non-hydrogen) atoms. The number of nitrogens with zero attached hydrogens (tertiary/aromatic N) is 5. The van der Waals surface area contributed by atoms with Gasteiger partial charge in [0.05, 0.1) is 17.2 Å². The van der Waals surface area contributed by atoms with Gasteiger partial charge in [-0.2, -0.15) is 10.2 Å². The Hall–Kier alpha value is -4.33. The van der Waals surface area contributed by atoms with Crippen molar-refractivity contribution in [3.05, 3.63) is 72.9 Å². The van der Waals surface area contributed by atoms with Crippen LogP contribution in [0.4, 0.5) is 4.39 Å². The number of hydrogen-bond donors (Lipinski definition) is 2. The summed E-state index contributed by atoms with van der Waals surface area (Å²) in [5.41, 5.74) is 5.92. The molecule has 0 aliphatic rings. The van der Waals surface area contributed by atoms with Gasteiger partial charge in [0, 0.05) is 36.0 Å². The molecule has 150 valence electrons. The molecule has 4 heterocycles. The highest BCUT2D eigenvalue weighted by atomic mass is 19.1. The molecule has 6 aromatic rings. The van der Waals surface area contributed by atoms with Gasteiger partial charge in [-0.1, -0.05) is 18.2 Å². The van der Waals surface area contributed by atoms with Crippen molar-refractivity contribution in [1.29, 1.82) is 0 Å². The summed E-state index contributed by atoms with van der Waals surface area (Å²) in [5, 5.41) is 12.7. The number of benzene rings is 2. The molecule has 8 heteroatoms. The zero-order chi connectivity index (χ0) is 20.9. The minimum Gasteiger partial charge on any atom is -0.336 e. The normalized spacial score (nSPS) is 11.5. The Balaban J connectivity index is 1.52. The molecule has 0 fully saturated rings. The zero-order valence-electron chi connectivity index (χ0n) is 16.5. The van der Waals surface area contributed by atoms with Crippen LogP contribution in [0.3, 0.4) is 0 Å². The summed E-state index contributed by atoms with van der Waals surface area (Å²) in [6, 6.07) is 14.5. The second kappa shape index (κ2) is 6.60. The number of pyridine rings is 1. The van der Waals surface area contributed by atoms with Gasteiger partial charge >= 0.3 is 0 Å². The maximum absolute atomic E-state index is 14.4. The Kier molecular flexibility index (Phi) is 3.73. The van der Waals surface area contributed by atoms with E-state index in [9.17, 15) is 4.39 Å². The Bertz CT molecular complexity index is 1570. The minimum atomic E-state index is -0.335. The lowest BCUT2D eigenvalue weighted by molar-refractivity contribution is 0.631. The van der Waals surface area contributed by atoms with Gasteiger partial charge in [0.1, 0.15) is 22.7 Å². The fraction of sp³-hybridized carbons (Fsp3) is 0.0435. The van der Waals surface area contributed by atoms with Gasteiger partial charge in [-0.3, -0.25) is 14.8 Å². The standard InChI is InChI=1S/C23H16FN7/c1-31-12-14(11-26-31)13-6-7-18-16(10-13)21(30-29-18)23-27-19-8-9-25-20(22(19)28-23)15-4-2-3-5-17(15)24/h2-12H,1H3,(H,27,28)(H,29,30). The van der Waals surface area contributed by atoms with E-state index in [2.05, 4.69) is 31.3 Å². The van der Waals surface area contributed by atoms with E-state index in [1.807, 2.05) is 37.6 Å². The highest BCUT2D eigenvalue weighted by molar-refractivity contribution is 5.97. The fourth-order valence-electron chi connectivity index (χ4n) is 3.84. The number of aromatic amines is 2. The van der Waals surface area contributed by atoms with Gasteiger partial charge in [-0.25, -0.2) is 9.37 Å². The van der Waals surface area contributed by atoms with Crippen molar-refractivity contribution in [1.82, 2.24) is 34.9 Å². The number of imidazole rings is 1. The van der Waals surface area contributed by atoms with Crippen LogP contribution >= 0.6 is 0 Å². The van der Waals surface area contributed by atoms with Crippen molar-refractivity contribution in [2.45, 2.75) is 0 Å². The quantitative estimate of drug-likeness (QED) is 0.443. The first-order valence-corrected chi connectivity index (χ1v) is 9.74. The molecular formula is C23H16FN7. The summed E-state index contributed by atoms with van der Waals surface area (Å²) in [6.45, 7) is 0.